The Kier molecular flexibility index (Phi) is 8.24. The zero-order valence-corrected chi connectivity index (χ0v) is 20.8. The van der Waals surface area contributed by atoms with Crippen molar-refractivity contribution in [1.82, 2.24) is 15.1 Å². The third kappa shape index (κ3) is 6.21. The molecule has 1 aromatic carbocycles. The van der Waals surface area contributed by atoms with Gasteiger partial charge in [0.05, 0.1) is 25.0 Å². The zero-order chi connectivity index (χ0) is 25.9. The van der Waals surface area contributed by atoms with Crippen molar-refractivity contribution in [3.63, 3.8) is 0 Å². The summed E-state index contributed by atoms with van der Waals surface area (Å²) in [6, 6.07) is 2.70. The average molecular weight is 511 g/mol. The molecular weight excluding hydrogens is 476 g/mol. The predicted molar refractivity (Wildman–Crippen MR) is 131 cm³/mol. The normalized spacial score (nSPS) is 24.9. The molecule has 3 aliphatic heterocycles. The molecule has 1 N–H and O–H groups in total. The molecule has 0 spiro atoms. The lowest BCUT2D eigenvalue weighted by Gasteiger charge is -2.42. The number of likely N-dealkylation sites (tertiary alicyclic amines) is 1. The summed E-state index contributed by atoms with van der Waals surface area (Å²) >= 11 is 0. The number of hydrogen-bond donors (Lipinski definition) is 1. The highest BCUT2D eigenvalue weighted by molar-refractivity contribution is 5.78. The summed E-state index contributed by atoms with van der Waals surface area (Å²) < 4.78 is 64.1. The van der Waals surface area contributed by atoms with Gasteiger partial charge in [-0.2, -0.15) is 13.2 Å². The molecule has 0 radical (unpaired) electrons. The first-order chi connectivity index (χ1) is 17.2. The molecule has 1 fully saturated rings. The predicted octanol–water partition coefficient (Wildman–Crippen LogP) is 4.78. The number of ether oxygens (including phenoxy) is 2. The Balaban J connectivity index is 1.53. The molecule has 0 saturated carbocycles. The molecule has 1 aromatic rings. The van der Waals surface area contributed by atoms with Crippen LogP contribution in [0.2, 0.25) is 0 Å². The summed E-state index contributed by atoms with van der Waals surface area (Å²) in [6.07, 6.45) is 1.06. The molecule has 36 heavy (non-hydrogen) atoms. The molecule has 4 rings (SSSR count). The van der Waals surface area contributed by atoms with Gasteiger partial charge in [0.2, 0.25) is 6.79 Å². The topological polar surface area (TPSA) is 49.3 Å². The Morgan fingerprint density at radius 3 is 2.72 bits per heavy atom. The fourth-order valence-corrected chi connectivity index (χ4v) is 5.22. The summed E-state index contributed by atoms with van der Waals surface area (Å²) in [5.74, 6) is 1.13. The van der Waals surface area contributed by atoms with Crippen LogP contribution >= 0.6 is 0 Å². The van der Waals surface area contributed by atoms with E-state index in [0.29, 0.717) is 35.6 Å². The first-order valence-corrected chi connectivity index (χ1v) is 12.4. The minimum atomic E-state index is -4.36. The van der Waals surface area contributed by atoms with Gasteiger partial charge >= 0.3 is 6.18 Å². The van der Waals surface area contributed by atoms with E-state index < -0.39 is 18.8 Å². The smallest absolute Gasteiger partial charge is 0.401 e. The van der Waals surface area contributed by atoms with Gasteiger partial charge in [0.15, 0.2) is 11.5 Å². The minimum absolute atomic E-state index is 0.0898. The van der Waals surface area contributed by atoms with Gasteiger partial charge in [-0.25, -0.2) is 0 Å². The molecular formula is C26H34F4N4O2. The number of nitrogens with zero attached hydrogens (tertiary/aromatic N) is 3. The molecule has 0 aromatic heterocycles. The Morgan fingerprint density at radius 1 is 1.28 bits per heavy atom. The van der Waals surface area contributed by atoms with Gasteiger partial charge < -0.3 is 19.7 Å². The average Bonchev–Trinajstić information content (AvgIpc) is 3.47. The first kappa shape index (κ1) is 26.5. The van der Waals surface area contributed by atoms with E-state index >= 15 is 0 Å². The number of alkyl halides is 4. The van der Waals surface area contributed by atoms with Gasteiger partial charge in [0.1, 0.15) is 0 Å². The third-order valence-electron chi connectivity index (χ3n) is 6.95. The van der Waals surface area contributed by atoms with Crippen LogP contribution in [0.5, 0.6) is 11.5 Å². The van der Waals surface area contributed by atoms with Crippen LogP contribution in [0, 0.1) is 0 Å². The molecule has 10 heteroatoms. The Hall–Kier alpha value is -2.59. The van der Waals surface area contributed by atoms with Crippen LogP contribution in [0.4, 0.5) is 17.6 Å². The van der Waals surface area contributed by atoms with E-state index in [1.54, 1.807) is 19.2 Å². The molecule has 1 saturated heterocycles. The van der Waals surface area contributed by atoms with Gasteiger partial charge in [-0.1, -0.05) is 12.7 Å². The van der Waals surface area contributed by atoms with Crippen molar-refractivity contribution in [2.75, 3.05) is 39.6 Å². The highest BCUT2D eigenvalue weighted by Crippen LogP contribution is 2.45. The standard InChI is InChI=1S/C26H34F4N4O2/c1-4-20(32-21-6-9-33(14-21)8-5-7-27)13-31-18(3)25-22-12-24-23(35-16-36-24)11-19(22)10-17(2)34(25)15-26(28,29)30/h4,11-13,17,21,25,32H,3,5-10,14-16H2,1-2H3/b20-4+,31-13?/t17-,21+,25-/m1/s1. The van der Waals surface area contributed by atoms with E-state index in [1.807, 2.05) is 19.1 Å². The molecule has 3 heterocycles. The van der Waals surface area contributed by atoms with Crippen molar-refractivity contribution in [2.45, 2.75) is 57.4 Å². The van der Waals surface area contributed by atoms with Crippen LogP contribution in [-0.4, -0.2) is 73.9 Å². The van der Waals surface area contributed by atoms with E-state index in [9.17, 15) is 17.6 Å². The fourth-order valence-electron chi connectivity index (χ4n) is 5.22. The highest BCUT2D eigenvalue weighted by Gasteiger charge is 2.41. The van der Waals surface area contributed by atoms with Crippen molar-refractivity contribution in [3.8, 4) is 11.5 Å². The van der Waals surface area contributed by atoms with Crippen LogP contribution in [0.1, 0.15) is 43.9 Å². The first-order valence-electron chi connectivity index (χ1n) is 12.4. The maximum Gasteiger partial charge on any atom is 0.401 e. The van der Waals surface area contributed by atoms with Crippen LogP contribution in [0.25, 0.3) is 0 Å². The Morgan fingerprint density at radius 2 is 2.03 bits per heavy atom. The maximum atomic E-state index is 13.6. The summed E-state index contributed by atoms with van der Waals surface area (Å²) in [5, 5.41) is 3.45. The second-order valence-electron chi connectivity index (χ2n) is 9.61. The number of allylic oxidation sites excluding steroid dienone is 2. The minimum Gasteiger partial charge on any atom is -0.454 e. The molecule has 0 amide bonds. The van der Waals surface area contributed by atoms with E-state index in [0.717, 1.165) is 37.3 Å². The number of aliphatic imine (C=N–C) groups is 1. The van der Waals surface area contributed by atoms with Crippen molar-refractivity contribution < 1.29 is 27.0 Å². The van der Waals surface area contributed by atoms with E-state index in [4.69, 9.17) is 9.47 Å². The summed E-state index contributed by atoms with van der Waals surface area (Å²) in [7, 11) is 0. The third-order valence-corrected chi connectivity index (χ3v) is 6.95. The Labute approximate surface area is 209 Å². The number of nitrogens with one attached hydrogen (secondary N) is 1. The van der Waals surface area contributed by atoms with E-state index in [-0.39, 0.29) is 25.6 Å². The quantitative estimate of drug-likeness (QED) is 0.383. The molecule has 0 unspecified atom stereocenters. The summed E-state index contributed by atoms with van der Waals surface area (Å²) in [5.41, 5.74) is 2.71. The molecule has 198 valence electrons. The lowest BCUT2D eigenvalue weighted by Crippen LogP contribution is -2.47. The number of fused-ring (bicyclic) bond motifs is 2. The van der Waals surface area contributed by atoms with Crippen LogP contribution in [0.15, 0.2) is 41.2 Å². The molecule has 6 nitrogen and oxygen atoms in total. The van der Waals surface area contributed by atoms with Gasteiger partial charge in [-0.3, -0.25) is 14.3 Å². The number of rotatable bonds is 9. The Bertz CT molecular complexity index is 1010. The molecule has 0 aliphatic carbocycles. The summed E-state index contributed by atoms with van der Waals surface area (Å²) in [6.45, 7) is 8.91. The largest absolute Gasteiger partial charge is 0.454 e. The number of halogens is 4. The summed E-state index contributed by atoms with van der Waals surface area (Å²) in [4.78, 5) is 8.17. The fraction of sp³-hybridized carbons (Fsp3) is 0.577. The van der Waals surface area contributed by atoms with Crippen LogP contribution in [-0.2, 0) is 6.42 Å². The van der Waals surface area contributed by atoms with E-state index in [1.165, 1.54) is 4.90 Å². The maximum absolute atomic E-state index is 13.6. The van der Waals surface area contributed by atoms with E-state index in [2.05, 4.69) is 21.8 Å². The van der Waals surface area contributed by atoms with Crippen molar-refractivity contribution in [2.24, 2.45) is 4.99 Å². The number of benzene rings is 1. The monoisotopic (exact) mass is 510 g/mol. The van der Waals surface area contributed by atoms with Crippen molar-refractivity contribution in [3.05, 3.63) is 47.3 Å². The molecule has 3 atom stereocenters. The highest BCUT2D eigenvalue weighted by atomic mass is 19.4. The lowest BCUT2D eigenvalue weighted by molar-refractivity contribution is -0.155. The van der Waals surface area contributed by atoms with Gasteiger partial charge in [0.25, 0.3) is 0 Å². The lowest BCUT2D eigenvalue weighted by atomic mass is 9.86. The zero-order valence-electron chi connectivity index (χ0n) is 20.8. The van der Waals surface area contributed by atoms with Gasteiger partial charge in [-0.15, -0.1) is 0 Å². The SMILES string of the molecule is C=C(N=C/C(=C\C)N[C@H]1CCN(CCCF)C1)[C@@H]1c2cc3c(cc2C[C@@H](C)N1CC(F)(F)F)OCO3. The van der Waals surface area contributed by atoms with Gasteiger partial charge in [0, 0.05) is 43.6 Å². The van der Waals surface area contributed by atoms with Crippen LogP contribution in [0.3, 0.4) is 0 Å². The number of hydrogen-bond acceptors (Lipinski definition) is 6. The van der Waals surface area contributed by atoms with Crippen molar-refractivity contribution in [1.29, 1.82) is 0 Å². The second-order valence-corrected chi connectivity index (χ2v) is 9.61. The van der Waals surface area contributed by atoms with Gasteiger partial charge in [-0.05, 0) is 56.4 Å². The molecule has 0 bridgehead atoms. The second kappa shape index (κ2) is 11.2. The van der Waals surface area contributed by atoms with Crippen LogP contribution < -0.4 is 14.8 Å². The van der Waals surface area contributed by atoms with Crippen molar-refractivity contribution >= 4 is 6.21 Å². The molecule has 3 aliphatic rings.